The summed E-state index contributed by atoms with van der Waals surface area (Å²) < 4.78 is 10.7. The van der Waals surface area contributed by atoms with Crippen molar-refractivity contribution in [2.45, 2.75) is 32.4 Å². The van der Waals surface area contributed by atoms with Crippen molar-refractivity contribution in [3.63, 3.8) is 0 Å². The van der Waals surface area contributed by atoms with Gasteiger partial charge in [0.1, 0.15) is 6.04 Å². The van der Waals surface area contributed by atoms with Gasteiger partial charge in [0.25, 0.3) is 0 Å². The Hall–Kier alpha value is -3.80. The van der Waals surface area contributed by atoms with Crippen LogP contribution in [-0.4, -0.2) is 43.5 Å². The Balaban J connectivity index is 1.94. The Labute approximate surface area is 201 Å². The molecule has 3 rings (SSSR count). The van der Waals surface area contributed by atoms with Crippen LogP contribution in [0.2, 0.25) is 0 Å². The predicted octanol–water partition coefficient (Wildman–Crippen LogP) is 4.02. The second-order valence-corrected chi connectivity index (χ2v) is 7.97. The highest BCUT2D eigenvalue weighted by atomic mass is 16.5. The molecule has 1 unspecified atom stereocenters. The minimum absolute atomic E-state index is 0.136. The molecule has 0 aliphatic carbocycles. The monoisotopic (exact) mass is 460 g/mol. The van der Waals surface area contributed by atoms with Gasteiger partial charge in [0, 0.05) is 19.5 Å². The van der Waals surface area contributed by atoms with E-state index in [0.717, 1.165) is 16.7 Å². The molecule has 6 nitrogen and oxygen atoms in total. The van der Waals surface area contributed by atoms with E-state index in [0.29, 0.717) is 31.0 Å². The Morgan fingerprint density at radius 3 is 2.03 bits per heavy atom. The van der Waals surface area contributed by atoms with Crippen molar-refractivity contribution < 1.29 is 19.1 Å². The Morgan fingerprint density at radius 1 is 0.824 bits per heavy atom. The summed E-state index contributed by atoms with van der Waals surface area (Å²) >= 11 is 0. The lowest BCUT2D eigenvalue weighted by atomic mass is 10.0. The molecule has 1 N–H and O–H groups in total. The van der Waals surface area contributed by atoms with Crippen LogP contribution in [0.5, 0.6) is 11.5 Å². The van der Waals surface area contributed by atoms with Gasteiger partial charge in [-0.1, -0.05) is 66.7 Å². The fraction of sp³-hybridized carbons (Fsp3) is 0.286. The zero-order chi connectivity index (χ0) is 24.3. The first kappa shape index (κ1) is 24.8. The van der Waals surface area contributed by atoms with E-state index in [1.165, 1.54) is 0 Å². The topological polar surface area (TPSA) is 67.9 Å². The molecule has 2 amide bonds. The van der Waals surface area contributed by atoms with Crippen LogP contribution < -0.4 is 14.8 Å². The first-order valence-corrected chi connectivity index (χ1v) is 11.4. The zero-order valence-electron chi connectivity index (χ0n) is 20.0. The lowest BCUT2D eigenvalue weighted by molar-refractivity contribution is -0.140. The maximum absolute atomic E-state index is 13.7. The highest BCUT2D eigenvalue weighted by Crippen LogP contribution is 2.28. The maximum Gasteiger partial charge on any atom is 0.243 e. The van der Waals surface area contributed by atoms with E-state index in [4.69, 9.17) is 9.47 Å². The van der Waals surface area contributed by atoms with Crippen LogP contribution in [0.25, 0.3) is 0 Å². The van der Waals surface area contributed by atoms with Crippen molar-refractivity contribution in [1.82, 2.24) is 10.2 Å². The van der Waals surface area contributed by atoms with Crippen molar-refractivity contribution >= 4 is 11.8 Å². The van der Waals surface area contributed by atoms with Crippen LogP contribution in [0, 0.1) is 0 Å². The fourth-order valence-electron chi connectivity index (χ4n) is 3.89. The molecule has 0 radical (unpaired) electrons. The third-order valence-electron chi connectivity index (χ3n) is 5.62. The summed E-state index contributed by atoms with van der Waals surface area (Å²) in [5.41, 5.74) is 2.75. The number of hydrogen-bond donors (Lipinski definition) is 1. The summed E-state index contributed by atoms with van der Waals surface area (Å²) in [6.45, 7) is 2.71. The number of hydrogen-bond acceptors (Lipinski definition) is 4. The number of rotatable bonds is 11. The average Bonchev–Trinajstić information content (AvgIpc) is 2.87. The number of nitrogens with zero attached hydrogens (tertiary/aromatic N) is 1. The molecule has 3 aromatic rings. The largest absolute Gasteiger partial charge is 0.493 e. The van der Waals surface area contributed by atoms with E-state index >= 15 is 0 Å². The normalized spacial score (nSPS) is 11.4. The molecule has 0 fully saturated rings. The minimum atomic E-state index is -0.643. The van der Waals surface area contributed by atoms with Crippen LogP contribution in [0.15, 0.2) is 78.9 Å². The molecule has 0 aliphatic heterocycles. The second kappa shape index (κ2) is 12.4. The van der Waals surface area contributed by atoms with E-state index in [9.17, 15) is 9.59 Å². The molecule has 3 aromatic carbocycles. The summed E-state index contributed by atoms with van der Waals surface area (Å²) in [5.74, 6) is 0.863. The molecular formula is C28H32N2O4. The number of benzene rings is 3. The summed E-state index contributed by atoms with van der Waals surface area (Å²) in [5, 5.41) is 2.91. The molecule has 0 bridgehead atoms. The molecule has 34 heavy (non-hydrogen) atoms. The minimum Gasteiger partial charge on any atom is -0.493 e. The summed E-state index contributed by atoms with van der Waals surface area (Å²) in [7, 11) is 3.14. The smallest absolute Gasteiger partial charge is 0.243 e. The second-order valence-electron chi connectivity index (χ2n) is 7.97. The molecule has 0 saturated carbocycles. The quantitative estimate of drug-likeness (QED) is 0.469. The van der Waals surface area contributed by atoms with Crippen molar-refractivity contribution in [2.75, 3.05) is 20.8 Å². The van der Waals surface area contributed by atoms with Crippen LogP contribution >= 0.6 is 0 Å². The third kappa shape index (κ3) is 6.61. The maximum atomic E-state index is 13.7. The van der Waals surface area contributed by atoms with Crippen LogP contribution in [0.1, 0.15) is 23.6 Å². The zero-order valence-corrected chi connectivity index (χ0v) is 20.0. The number of carbonyl (C=O) groups excluding carboxylic acids is 2. The van der Waals surface area contributed by atoms with Gasteiger partial charge in [-0.3, -0.25) is 9.59 Å². The summed E-state index contributed by atoms with van der Waals surface area (Å²) in [6.07, 6.45) is 0.565. The van der Waals surface area contributed by atoms with Crippen LogP contribution in [-0.2, 0) is 29.0 Å². The average molecular weight is 461 g/mol. The molecular weight excluding hydrogens is 428 g/mol. The van der Waals surface area contributed by atoms with Gasteiger partial charge in [0.05, 0.1) is 20.6 Å². The standard InChI is InChI=1S/C28H32N2O4/c1-4-29-28(32)24(17-21-11-7-5-8-12-21)30(20-22-13-9-6-10-14-22)27(31)19-23-15-16-25(33-2)26(18-23)34-3/h5-16,18,24H,4,17,19-20H2,1-3H3,(H,29,32). The number of methoxy groups -OCH3 is 2. The summed E-state index contributed by atoms with van der Waals surface area (Å²) in [6, 6.07) is 24.3. The molecule has 0 saturated heterocycles. The van der Waals surface area contributed by atoms with Gasteiger partial charge in [0.2, 0.25) is 11.8 Å². The van der Waals surface area contributed by atoms with Gasteiger partial charge < -0.3 is 19.7 Å². The first-order valence-electron chi connectivity index (χ1n) is 11.4. The molecule has 0 aromatic heterocycles. The molecule has 0 spiro atoms. The van der Waals surface area contributed by atoms with E-state index in [1.54, 1.807) is 31.3 Å². The van der Waals surface area contributed by atoms with E-state index in [1.807, 2.05) is 73.7 Å². The summed E-state index contributed by atoms with van der Waals surface area (Å²) in [4.78, 5) is 28.5. The van der Waals surface area contributed by atoms with Crippen molar-refractivity contribution in [3.05, 3.63) is 95.6 Å². The fourth-order valence-corrected chi connectivity index (χ4v) is 3.89. The molecule has 1 atom stereocenters. The molecule has 178 valence electrons. The van der Waals surface area contributed by atoms with Crippen molar-refractivity contribution in [2.24, 2.45) is 0 Å². The Bertz CT molecular complexity index is 1070. The lowest BCUT2D eigenvalue weighted by Gasteiger charge is -2.31. The highest BCUT2D eigenvalue weighted by molar-refractivity contribution is 5.88. The molecule has 6 heteroatoms. The highest BCUT2D eigenvalue weighted by Gasteiger charge is 2.30. The molecule has 0 aliphatic rings. The van der Waals surface area contributed by atoms with Crippen molar-refractivity contribution in [3.8, 4) is 11.5 Å². The number of ether oxygens (including phenoxy) is 2. The third-order valence-corrected chi connectivity index (χ3v) is 5.62. The van der Waals surface area contributed by atoms with Gasteiger partial charge >= 0.3 is 0 Å². The van der Waals surface area contributed by atoms with Crippen LogP contribution in [0.4, 0.5) is 0 Å². The number of amides is 2. The molecule has 0 heterocycles. The van der Waals surface area contributed by atoms with E-state index < -0.39 is 6.04 Å². The van der Waals surface area contributed by atoms with Crippen LogP contribution in [0.3, 0.4) is 0 Å². The van der Waals surface area contributed by atoms with Gasteiger partial charge in [0.15, 0.2) is 11.5 Å². The number of carbonyl (C=O) groups is 2. The lowest BCUT2D eigenvalue weighted by Crippen LogP contribution is -2.50. The first-order chi connectivity index (χ1) is 16.5. The van der Waals surface area contributed by atoms with Gasteiger partial charge in [-0.15, -0.1) is 0 Å². The Morgan fingerprint density at radius 2 is 1.44 bits per heavy atom. The SMILES string of the molecule is CCNC(=O)C(Cc1ccccc1)N(Cc1ccccc1)C(=O)Cc1ccc(OC)c(OC)c1. The van der Waals surface area contributed by atoms with E-state index in [-0.39, 0.29) is 18.2 Å². The van der Waals surface area contributed by atoms with Gasteiger partial charge in [-0.25, -0.2) is 0 Å². The van der Waals surface area contributed by atoms with Gasteiger partial charge in [-0.05, 0) is 35.7 Å². The van der Waals surface area contributed by atoms with Crippen molar-refractivity contribution in [1.29, 1.82) is 0 Å². The van der Waals surface area contributed by atoms with Gasteiger partial charge in [-0.2, -0.15) is 0 Å². The Kier molecular flexibility index (Phi) is 9.09. The van der Waals surface area contributed by atoms with E-state index in [2.05, 4.69) is 5.32 Å². The number of nitrogens with one attached hydrogen (secondary N) is 1. The predicted molar refractivity (Wildman–Crippen MR) is 133 cm³/mol. The number of likely N-dealkylation sites (N-methyl/N-ethyl adjacent to an activating group) is 1.